The molecule has 0 heterocycles. The summed E-state index contributed by atoms with van der Waals surface area (Å²) in [6.07, 6.45) is 6.63. The van der Waals surface area contributed by atoms with Crippen molar-refractivity contribution in [2.24, 2.45) is 0 Å². The van der Waals surface area contributed by atoms with E-state index >= 15 is 0 Å². The molecule has 0 amide bonds. The second-order valence-electron chi connectivity index (χ2n) is 3.51. The zero-order valence-corrected chi connectivity index (χ0v) is 9.58. The van der Waals surface area contributed by atoms with E-state index in [0.29, 0.717) is 0 Å². The molecule has 0 spiro atoms. The number of unbranched alkanes of at least 4 members (excludes halogenated alkanes) is 3. The fraction of sp³-hybridized carbons (Fsp3) is 0.500. The minimum Gasteiger partial charge on any atom is -0.105 e. The van der Waals surface area contributed by atoms with Crippen molar-refractivity contribution < 1.29 is 0 Å². The number of aryl methyl sites for hydroxylation is 1. The molecule has 0 aliphatic heterocycles. The molecule has 0 aromatic heterocycles. The lowest BCUT2D eigenvalue weighted by atomic mass is 10.1. The van der Waals surface area contributed by atoms with Crippen LogP contribution < -0.4 is 5.30 Å². The van der Waals surface area contributed by atoms with Crippen molar-refractivity contribution in [2.45, 2.75) is 39.0 Å². The summed E-state index contributed by atoms with van der Waals surface area (Å²) in [5, 5.41) is 1.36. The van der Waals surface area contributed by atoms with E-state index in [0.717, 1.165) is 0 Å². The first-order valence-corrected chi connectivity index (χ1v) is 5.75. The van der Waals surface area contributed by atoms with Crippen molar-refractivity contribution in [3.8, 4) is 0 Å². The second kappa shape index (κ2) is 6.16. The molecule has 1 atom stereocenters. The monoisotopic (exact) mass is 194 g/mol. The van der Waals surface area contributed by atoms with E-state index in [1.54, 1.807) is 0 Å². The molecule has 0 aliphatic rings. The maximum atomic E-state index is 2.81. The number of hydrogen-bond acceptors (Lipinski definition) is 0. The van der Waals surface area contributed by atoms with E-state index < -0.39 is 0 Å². The van der Waals surface area contributed by atoms with Gasteiger partial charge in [0.1, 0.15) is 0 Å². The van der Waals surface area contributed by atoms with E-state index in [2.05, 4.69) is 40.4 Å². The van der Waals surface area contributed by atoms with Gasteiger partial charge in [0.05, 0.1) is 0 Å². The average molecular weight is 194 g/mol. The molecular weight excluding hydrogens is 175 g/mol. The van der Waals surface area contributed by atoms with Crippen molar-refractivity contribution in [2.75, 3.05) is 0 Å². The van der Waals surface area contributed by atoms with Gasteiger partial charge in [-0.25, -0.2) is 0 Å². The molecule has 1 unspecified atom stereocenters. The predicted molar refractivity (Wildman–Crippen MR) is 63.6 cm³/mol. The highest BCUT2D eigenvalue weighted by Gasteiger charge is 1.95. The average Bonchev–Trinajstić information content (AvgIpc) is 2.15. The molecule has 1 aromatic carbocycles. The zero-order valence-electron chi connectivity index (χ0n) is 8.42. The molecule has 0 bridgehead atoms. The zero-order chi connectivity index (χ0) is 9.52. The lowest BCUT2D eigenvalue weighted by Crippen LogP contribution is -2.00. The Morgan fingerprint density at radius 3 is 2.54 bits per heavy atom. The fourth-order valence-corrected chi connectivity index (χ4v) is 1.86. The summed E-state index contributed by atoms with van der Waals surface area (Å²) in [4.78, 5) is 0. The van der Waals surface area contributed by atoms with Crippen molar-refractivity contribution >= 4 is 14.5 Å². The Bertz CT molecular complexity index is 243. The Hall–Kier alpha value is -0.350. The van der Waals surface area contributed by atoms with Crippen LogP contribution in [-0.2, 0) is 6.42 Å². The van der Waals surface area contributed by atoms with Gasteiger partial charge in [-0.3, -0.25) is 0 Å². The molecule has 0 fully saturated rings. The van der Waals surface area contributed by atoms with Crippen LogP contribution in [0.1, 0.15) is 38.2 Å². The smallest absolute Gasteiger partial charge is 0.0271 e. The van der Waals surface area contributed by atoms with Crippen LogP contribution in [0.5, 0.6) is 0 Å². The van der Waals surface area contributed by atoms with Crippen molar-refractivity contribution in [1.82, 2.24) is 0 Å². The summed E-state index contributed by atoms with van der Waals surface area (Å²) in [7, 11) is 2.81. The molecule has 0 radical (unpaired) electrons. The summed E-state index contributed by atoms with van der Waals surface area (Å²) in [5.74, 6) is 0. The van der Waals surface area contributed by atoms with Gasteiger partial charge in [0.15, 0.2) is 0 Å². The Labute approximate surface area is 84.0 Å². The second-order valence-corrected chi connectivity index (χ2v) is 4.13. The number of rotatable bonds is 5. The van der Waals surface area contributed by atoms with Crippen LogP contribution in [0, 0.1) is 0 Å². The van der Waals surface area contributed by atoms with Crippen LogP contribution in [0.4, 0.5) is 0 Å². The van der Waals surface area contributed by atoms with E-state index in [4.69, 9.17) is 0 Å². The molecule has 13 heavy (non-hydrogen) atoms. The summed E-state index contributed by atoms with van der Waals surface area (Å²) < 4.78 is 0. The third-order valence-corrected chi connectivity index (χ3v) is 2.92. The Balaban J connectivity index is 2.32. The van der Waals surface area contributed by atoms with Crippen molar-refractivity contribution in [3.63, 3.8) is 0 Å². The van der Waals surface area contributed by atoms with E-state index in [1.165, 1.54) is 43.0 Å². The first-order chi connectivity index (χ1) is 6.34. The van der Waals surface area contributed by atoms with Gasteiger partial charge in [-0.1, -0.05) is 50.5 Å². The normalized spacial score (nSPS) is 10.3. The highest BCUT2D eigenvalue weighted by Crippen LogP contribution is 2.07. The Morgan fingerprint density at radius 1 is 1.08 bits per heavy atom. The number of hydrogen-bond donors (Lipinski definition) is 0. The van der Waals surface area contributed by atoms with Gasteiger partial charge in [-0.05, 0) is 23.7 Å². The van der Waals surface area contributed by atoms with Crippen molar-refractivity contribution in [3.05, 3.63) is 29.8 Å². The molecule has 1 rings (SSSR count). The Morgan fingerprint density at radius 2 is 1.85 bits per heavy atom. The van der Waals surface area contributed by atoms with Gasteiger partial charge >= 0.3 is 0 Å². The molecule has 0 aliphatic carbocycles. The number of benzene rings is 1. The first kappa shape index (κ1) is 10.7. The van der Waals surface area contributed by atoms with Gasteiger partial charge in [0.2, 0.25) is 0 Å². The third kappa shape index (κ3) is 3.91. The minimum absolute atomic E-state index is 1.24. The summed E-state index contributed by atoms with van der Waals surface area (Å²) >= 11 is 0. The molecule has 1 aromatic rings. The summed E-state index contributed by atoms with van der Waals surface area (Å²) in [6.45, 7) is 2.25. The SMILES string of the molecule is CCCCCCc1ccccc1P. The fourth-order valence-electron chi connectivity index (χ4n) is 1.50. The van der Waals surface area contributed by atoms with Crippen LogP contribution in [0.25, 0.3) is 0 Å². The lowest BCUT2D eigenvalue weighted by Gasteiger charge is -2.04. The summed E-state index contributed by atoms with van der Waals surface area (Å²) in [5.41, 5.74) is 1.49. The third-order valence-electron chi connectivity index (χ3n) is 2.35. The van der Waals surface area contributed by atoms with E-state index in [1.807, 2.05) is 0 Å². The van der Waals surface area contributed by atoms with Crippen LogP contribution in [0.2, 0.25) is 0 Å². The Kier molecular flexibility index (Phi) is 5.08. The maximum absolute atomic E-state index is 2.81. The van der Waals surface area contributed by atoms with Crippen LogP contribution in [-0.4, -0.2) is 0 Å². The molecule has 1 heteroatoms. The van der Waals surface area contributed by atoms with Gasteiger partial charge in [0, 0.05) is 0 Å². The highest BCUT2D eigenvalue weighted by atomic mass is 31.0. The van der Waals surface area contributed by atoms with Gasteiger partial charge in [-0.2, -0.15) is 0 Å². The maximum Gasteiger partial charge on any atom is -0.0271 e. The molecular formula is C12H19P. The quantitative estimate of drug-likeness (QED) is 0.498. The van der Waals surface area contributed by atoms with Gasteiger partial charge in [-0.15, -0.1) is 9.24 Å². The largest absolute Gasteiger partial charge is 0.105 e. The molecule has 0 nitrogen and oxygen atoms in total. The van der Waals surface area contributed by atoms with Gasteiger partial charge < -0.3 is 0 Å². The molecule has 0 N–H and O–H groups in total. The topological polar surface area (TPSA) is 0 Å². The molecule has 0 saturated heterocycles. The standard InChI is InChI=1S/C12H19P/c1-2-3-4-5-8-11-9-6-7-10-12(11)13/h6-7,9-10H,2-5,8,13H2,1H3. The van der Waals surface area contributed by atoms with Crippen LogP contribution >= 0.6 is 9.24 Å². The van der Waals surface area contributed by atoms with Crippen molar-refractivity contribution in [1.29, 1.82) is 0 Å². The van der Waals surface area contributed by atoms with Crippen LogP contribution in [0.15, 0.2) is 24.3 Å². The van der Waals surface area contributed by atoms with Crippen LogP contribution in [0.3, 0.4) is 0 Å². The highest BCUT2D eigenvalue weighted by molar-refractivity contribution is 7.27. The predicted octanol–water partition coefficient (Wildman–Crippen LogP) is 3.31. The van der Waals surface area contributed by atoms with E-state index in [9.17, 15) is 0 Å². The summed E-state index contributed by atoms with van der Waals surface area (Å²) in [6, 6.07) is 8.62. The molecule has 72 valence electrons. The minimum atomic E-state index is 1.24. The lowest BCUT2D eigenvalue weighted by molar-refractivity contribution is 0.668. The van der Waals surface area contributed by atoms with E-state index in [-0.39, 0.29) is 0 Å². The molecule has 0 saturated carbocycles. The van der Waals surface area contributed by atoms with Gasteiger partial charge in [0.25, 0.3) is 0 Å². The first-order valence-electron chi connectivity index (χ1n) is 5.18.